The third-order valence-electron chi connectivity index (χ3n) is 3.60. The van der Waals surface area contributed by atoms with E-state index < -0.39 is 0 Å². The molecule has 1 aromatic rings. The van der Waals surface area contributed by atoms with Crippen LogP contribution in [0.3, 0.4) is 0 Å². The van der Waals surface area contributed by atoms with Gasteiger partial charge in [0.05, 0.1) is 6.61 Å². The second-order valence-corrected chi connectivity index (χ2v) is 6.94. The first-order valence-corrected chi connectivity index (χ1v) is 9.58. The summed E-state index contributed by atoms with van der Waals surface area (Å²) in [6.45, 7) is 7.19. The van der Waals surface area contributed by atoms with Gasteiger partial charge in [0.15, 0.2) is 5.96 Å². The van der Waals surface area contributed by atoms with Crippen LogP contribution in [0.15, 0.2) is 23.2 Å². The van der Waals surface area contributed by atoms with E-state index in [4.69, 9.17) is 9.47 Å². The number of ether oxygens (including phenoxy) is 2. The van der Waals surface area contributed by atoms with Gasteiger partial charge in [-0.25, -0.2) is 0 Å². The number of hydrogen-bond donors (Lipinski definition) is 2. The Kier molecular flexibility index (Phi) is 10.4. The number of benzene rings is 1. The van der Waals surface area contributed by atoms with Crippen LogP contribution in [0.2, 0.25) is 0 Å². The smallest absolute Gasteiger partial charge is 0.191 e. The zero-order valence-corrected chi connectivity index (χ0v) is 16.3. The summed E-state index contributed by atoms with van der Waals surface area (Å²) < 4.78 is 11.0. The Hall–Kier alpha value is -1.40. The minimum absolute atomic E-state index is 0.544. The molecule has 1 aromatic carbocycles. The lowest BCUT2D eigenvalue weighted by molar-refractivity contribution is 0.172. The van der Waals surface area contributed by atoms with Crippen molar-refractivity contribution in [2.75, 3.05) is 40.2 Å². The van der Waals surface area contributed by atoms with Crippen LogP contribution in [0.5, 0.6) is 5.75 Å². The largest absolute Gasteiger partial charge is 0.493 e. The van der Waals surface area contributed by atoms with E-state index in [9.17, 15) is 0 Å². The number of aliphatic imine (C=N–C) groups is 1. The number of rotatable bonds is 10. The molecule has 0 amide bonds. The van der Waals surface area contributed by atoms with Gasteiger partial charge in [-0.15, -0.1) is 0 Å². The van der Waals surface area contributed by atoms with E-state index >= 15 is 0 Å². The molecule has 0 aliphatic rings. The summed E-state index contributed by atoms with van der Waals surface area (Å²) in [4.78, 5) is 4.27. The first-order chi connectivity index (χ1) is 11.6. The average Bonchev–Trinajstić information content (AvgIpc) is 2.59. The quantitative estimate of drug-likeness (QED) is 0.385. The molecule has 5 nitrogen and oxygen atoms in total. The number of thioether (sulfide) groups is 1. The minimum atomic E-state index is 0.544. The molecule has 0 saturated carbocycles. The van der Waals surface area contributed by atoms with Crippen LogP contribution >= 0.6 is 11.8 Å². The lowest BCUT2D eigenvalue weighted by Crippen LogP contribution is -2.39. The van der Waals surface area contributed by atoms with E-state index in [0.717, 1.165) is 30.2 Å². The van der Waals surface area contributed by atoms with Gasteiger partial charge in [-0.05, 0) is 24.8 Å². The maximum atomic E-state index is 5.92. The second kappa shape index (κ2) is 12.0. The first-order valence-electron chi connectivity index (χ1n) is 8.29. The van der Waals surface area contributed by atoms with Crippen LogP contribution in [0.4, 0.5) is 0 Å². The standard InChI is InChI=1S/C18H31N3O2S/c1-14-7-8-16(17(11-14)23-10-6-9-22-4)13-21-18(19-3)20-12-15(2)24-5/h7-8,11,15H,6,9-10,12-13H2,1-5H3,(H2,19,20,21). The third-order valence-corrected chi connectivity index (χ3v) is 4.57. The fourth-order valence-electron chi connectivity index (χ4n) is 2.05. The van der Waals surface area contributed by atoms with Crippen LogP contribution in [-0.2, 0) is 11.3 Å². The van der Waals surface area contributed by atoms with E-state index in [1.165, 1.54) is 5.56 Å². The average molecular weight is 354 g/mol. The van der Waals surface area contributed by atoms with Gasteiger partial charge < -0.3 is 20.1 Å². The predicted molar refractivity (Wildman–Crippen MR) is 104 cm³/mol. The Balaban J connectivity index is 2.58. The Morgan fingerprint density at radius 3 is 2.75 bits per heavy atom. The van der Waals surface area contributed by atoms with E-state index in [0.29, 0.717) is 25.0 Å². The van der Waals surface area contributed by atoms with Crippen molar-refractivity contribution in [1.29, 1.82) is 0 Å². The lowest BCUT2D eigenvalue weighted by atomic mass is 10.1. The van der Waals surface area contributed by atoms with Crippen molar-refractivity contribution in [3.8, 4) is 5.75 Å². The molecule has 0 aliphatic carbocycles. The molecule has 136 valence electrons. The molecule has 24 heavy (non-hydrogen) atoms. The van der Waals surface area contributed by atoms with Gasteiger partial charge in [-0.3, -0.25) is 4.99 Å². The van der Waals surface area contributed by atoms with E-state index in [1.807, 2.05) is 11.8 Å². The van der Waals surface area contributed by atoms with Crippen LogP contribution in [0.1, 0.15) is 24.5 Å². The summed E-state index contributed by atoms with van der Waals surface area (Å²) >= 11 is 1.83. The molecule has 0 aliphatic heterocycles. The van der Waals surface area contributed by atoms with Gasteiger partial charge in [0.1, 0.15) is 5.75 Å². The SMILES string of the molecule is CN=C(NCc1ccc(C)cc1OCCCOC)NCC(C)SC. The fraction of sp³-hybridized carbons (Fsp3) is 0.611. The number of aryl methyl sites for hydroxylation is 1. The van der Waals surface area contributed by atoms with Crippen LogP contribution in [0, 0.1) is 6.92 Å². The van der Waals surface area contributed by atoms with Crippen molar-refractivity contribution in [2.24, 2.45) is 4.99 Å². The number of nitrogens with one attached hydrogen (secondary N) is 2. The van der Waals surface area contributed by atoms with Crippen molar-refractivity contribution < 1.29 is 9.47 Å². The molecule has 1 unspecified atom stereocenters. The van der Waals surface area contributed by atoms with Gasteiger partial charge in [0.2, 0.25) is 0 Å². The summed E-state index contributed by atoms with van der Waals surface area (Å²) in [6, 6.07) is 6.28. The molecular formula is C18H31N3O2S. The normalized spacial score (nSPS) is 12.8. The summed E-state index contributed by atoms with van der Waals surface area (Å²) in [5.41, 5.74) is 2.32. The first kappa shape index (κ1) is 20.6. The van der Waals surface area contributed by atoms with Crippen LogP contribution in [-0.4, -0.2) is 51.4 Å². The van der Waals surface area contributed by atoms with Gasteiger partial charge >= 0.3 is 0 Å². The molecule has 0 spiro atoms. The van der Waals surface area contributed by atoms with E-state index in [-0.39, 0.29) is 0 Å². The number of methoxy groups -OCH3 is 1. The molecule has 1 atom stereocenters. The van der Waals surface area contributed by atoms with Crippen molar-refractivity contribution in [3.05, 3.63) is 29.3 Å². The van der Waals surface area contributed by atoms with Crippen molar-refractivity contribution in [3.63, 3.8) is 0 Å². The Morgan fingerprint density at radius 1 is 1.29 bits per heavy atom. The maximum absolute atomic E-state index is 5.92. The number of guanidine groups is 1. The molecule has 0 aromatic heterocycles. The molecular weight excluding hydrogens is 322 g/mol. The highest BCUT2D eigenvalue weighted by atomic mass is 32.2. The van der Waals surface area contributed by atoms with Gasteiger partial charge in [-0.2, -0.15) is 11.8 Å². The minimum Gasteiger partial charge on any atom is -0.493 e. The summed E-state index contributed by atoms with van der Waals surface area (Å²) in [5, 5.41) is 7.24. The highest BCUT2D eigenvalue weighted by molar-refractivity contribution is 7.99. The molecule has 0 bridgehead atoms. The molecule has 0 heterocycles. The van der Waals surface area contributed by atoms with Gasteiger partial charge in [-0.1, -0.05) is 19.1 Å². The maximum Gasteiger partial charge on any atom is 0.191 e. The van der Waals surface area contributed by atoms with Gasteiger partial charge in [0.25, 0.3) is 0 Å². The topological polar surface area (TPSA) is 54.9 Å². The number of hydrogen-bond acceptors (Lipinski definition) is 4. The molecule has 0 radical (unpaired) electrons. The third kappa shape index (κ3) is 7.93. The molecule has 0 fully saturated rings. The summed E-state index contributed by atoms with van der Waals surface area (Å²) in [7, 11) is 3.49. The van der Waals surface area contributed by atoms with Crippen molar-refractivity contribution in [2.45, 2.75) is 32.1 Å². The Labute approximate surface area is 150 Å². The van der Waals surface area contributed by atoms with E-state index in [1.54, 1.807) is 14.2 Å². The highest BCUT2D eigenvalue weighted by Crippen LogP contribution is 2.20. The fourth-order valence-corrected chi connectivity index (χ4v) is 2.30. The van der Waals surface area contributed by atoms with E-state index in [2.05, 4.69) is 53.9 Å². The second-order valence-electron chi connectivity index (χ2n) is 5.66. The zero-order chi connectivity index (χ0) is 17.8. The van der Waals surface area contributed by atoms with Gasteiger partial charge in [0, 0.05) is 51.1 Å². The summed E-state index contributed by atoms with van der Waals surface area (Å²) in [6.07, 6.45) is 3.00. The van der Waals surface area contributed by atoms with Crippen LogP contribution in [0.25, 0.3) is 0 Å². The number of nitrogens with zero attached hydrogens (tertiary/aromatic N) is 1. The lowest BCUT2D eigenvalue weighted by Gasteiger charge is -2.16. The van der Waals surface area contributed by atoms with Crippen LogP contribution < -0.4 is 15.4 Å². The van der Waals surface area contributed by atoms with Crippen molar-refractivity contribution >= 4 is 17.7 Å². The molecule has 6 heteroatoms. The monoisotopic (exact) mass is 353 g/mol. The Morgan fingerprint density at radius 2 is 2.08 bits per heavy atom. The zero-order valence-electron chi connectivity index (χ0n) is 15.5. The predicted octanol–water partition coefficient (Wildman–Crippen LogP) is 2.83. The molecule has 2 N–H and O–H groups in total. The Bertz CT molecular complexity index is 509. The highest BCUT2D eigenvalue weighted by Gasteiger charge is 2.07. The van der Waals surface area contributed by atoms with Crippen molar-refractivity contribution in [1.82, 2.24) is 10.6 Å². The summed E-state index contributed by atoms with van der Waals surface area (Å²) in [5.74, 6) is 1.73. The molecule has 1 rings (SSSR count). The molecule has 0 saturated heterocycles.